The summed E-state index contributed by atoms with van der Waals surface area (Å²) in [6.07, 6.45) is 4.49. The molecule has 0 aromatic rings. The molecule has 20 heavy (non-hydrogen) atoms. The number of hydrogen-bond acceptors (Lipinski definition) is 3. The van der Waals surface area contributed by atoms with Gasteiger partial charge in [-0.15, -0.1) is 0 Å². The zero-order valence-corrected chi connectivity index (χ0v) is 12.2. The average Bonchev–Trinajstić information content (AvgIpc) is 3.07. The van der Waals surface area contributed by atoms with Gasteiger partial charge >= 0.3 is 12.0 Å². The second-order valence-corrected chi connectivity index (χ2v) is 5.93. The van der Waals surface area contributed by atoms with E-state index in [-0.39, 0.29) is 24.5 Å². The minimum absolute atomic E-state index is 0.0183. The molecule has 1 atom stereocenters. The molecule has 0 bridgehead atoms. The Balaban J connectivity index is 1.76. The van der Waals surface area contributed by atoms with Crippen LogP contribution in [0.2, 0.25) is 0 Å². The number of likely N-dealkylation sites (tertiary alicyclic amines) is 1. The minimum Gasteiger partial charge on any atom is -0.481 e. The van der Waals surface area contributed by atoms with Gasteiger partial charge in [0.1, 0.15) is 0 Å². The predicted octanol–water partition coefficient (Wildman–Crippen LogP) is 1.12. The summed E-state index contributed by atoms with van der Waals surface area (Å²) in [4.78, 5) is 26.9. The van der Waals surface area contributed by atoms with E-state index in [0.717, 1.165) is 32.5 Å². The first-order valence-electron chi connectivity index (χ1n) is 7.57. The average molecular weight is 283 g/mol. The molecular weight excluding hydrogens is 258 g/mol. The van der Waals surface area contributed by atoms with Gasteiger partial charge in [0.25, 0.3) is 0 Å². The predicted molar refractivity (Wildman–Crippen MR) is 75.6 cm³/mol. The number of amides is 2. The molecule has 1 saturated heterocycles. The first-order chi connectivity index (χ1) is 9.56. The zero-order valence-electron chi connectivity index (χ0n) is 12.2. The second-order valence-electron chi connectivity index (χ2n) is 5.93. The van der Waals surface area contributed by atoms with Crippen molar-refractivity contribution in [2.75, 3.05) is 26.2 Å². The number of carbonyl (C=O) groups excluding carboxylic acids is 1. The van der Waals surface area contributed by atoms with Gasteiger partial charge < -0.3 is 20.2 Å². The van der Waals surface area contributed by atoms with E-state index in [4.69, 9.17) is 5.11 Å². The van der Waals surface area contributed by atoms with Crippen LogP contribution in [-0.2, 0) is 4.79 Å². The van der Waals surface area contributed by atoms with Crippen molar-refractivity contribution in [3.63, 3.8) is 0 Å². The summed E-state index contributed by atoms with van der Waals surface area (Å²) < 4.78 is 0. The number of carbonyl (C=O) groups is 2. The molecular formula is C14H25N3O3. The molecule has 1 heterocycles. The first-order valence-corrected chi connectivity index (χ1v) is 7.57. The minimum atomic E-state index is -0.853. The molecule has 1 unspecified atom stereocenters. The summed E-state index contributed by atoms with van der Waals surface area (Å²) in [5.74, 6) is -0.853. The fourth-order valence-electron chi connectivity index (χ4n) is 2.74. The maximum absolute atomic E-state index is 12.2. The van der Waals surface area contributed by atoms with Crippen molar-refractivity contribution in [1.82, 2.24) is 15.1 Å². The van der Waals surface area contributed by atoms with E-state index in [2.05, 4.69) is 10.2 Å². The van der Waals surface area contributed by atoms with Crippen LogP contribution >= 0.6 is 0 Å². The molecule has 1 aliphatic carbocycles. The normalized spacial score (nSPS) is 20.6. The number of carboxylic acids is 1. The number of hydrogen-bond donors (Lipinski definition) is 2. The van der Waals surface area contributed by atoms with Gasteiger partial charge in [-0.05, 0) is 45.7 Å². The van der Waals surface area contributed by atoms with E-state index < -0.39 is 5.97 Å². The van der Waals surface area contributed by atoms with Crippen LogP contribution in [0.5, 0.6) is 0 Å². The second kappa shape index (κ2) is 6.92. The van der Waals surface area contributed by atoms with E-state index in [0.29, 0.717) is 6.54 Å². The lowest BCUT2D eigenvalue weighted by molar-refractivity contribution is -0.137. The molecule has 6 heteroatoms. The largest absolute Gasteiger partial charge is 0.481 e. The highest BCUT2D eigenvalue weighted by Gasteiger charge is 2.33. The van der Waals surface area contributed by atoms with Crippen molar-refractivity contribution < 1.29 is 14.7 Å². The quantitative estimate of drug-likeness (QED) is 0.734. The lowest BCUT2D eigenvalue weighted by Gasteiger charge is -2.26. The monoisotopic (exact) mass is 283 g/mol. The lowest BCUT2D eigenvalue weighted by atomic mass is 10.3. The van der Waals surface area contributed by atoms with E-state index in [1.807, 2.05) is 6.92 Å². The van der Waals surface area contributed by atoms with Gasteiger partial charge in [0.15, 0.2) is 0 Å². The molecule has 1 aliphatic heterocycles. The molecule has 2 fully saturated rings. The van der Waals surface area contributed by atoms with Crippen molar-refractivity contribution in [2.45, 2.75) is 51.1 Å². The Hall–Kier alpha value is -1.30. The summed E-state index contributed by atoms with van der Waals surface area (Å²) >= 11 is 0. The Bertz CT molecular complexity index is 352. The fourth-order valence-corrected chi connectivity index (χ4v) is 2.74. The summed E-state index contributed by atoms with van der Waals surface area (Å²) in [6.45, 7) is 5.43. The topological polar surface area (TPSA) is 72.9 Å². The van der Waals surface area contributed by atoms with Gasteiger partial charge in [-0.1, -0.05) is 0 Å². The van der Waals surface area contributed by atoms with Crippen molar-refractivity contribution in [3.8, 4) is 0 Å². The highest BCUT2D eigenvalue weighted by molar-refractivity contribution is 5.76. The van der Waals surface area contributed by atoms with Crippen LogP contribution < -0.4 is 5.32 Å². The van der Waals surface area contributed by atoms with Crippen LogP contribution in [0.1, 0.15) is 39.0 Å². The number of nitrogens with one attached hydrogen (secondary N) is 1. The van der Waals surface area contributed by atoms with Crippen molar-refractivity contribution in [2.24, 2.45) is 0 Å². The van der Waals surface area contributed by atoms with Crippen LogP contribution in [0, 0.1) is 0 Å². The molecule has 1 saturated carbocycles. The van der Waals surface area contributed by atoms with Gasteiger partial charge in [0.05, 0.1) is 6.42 Å². The molecule has 2 amide bonds. The fraction of sp³-hybridized carbons (Fsp3) is 0.857. The Morgan fingerprint density at radius 3 is 2.55 bits per heavy atom. The third-order valence-electron chi connectivity index (χ3n) is 3.92. The van der Waals surface area contributed by atoms with Crippen molar-refractivity contribution in [1.29, 1.82) is 0 Å². The summed E-state index contributed by atoms with van der Waals surface area (Å²) in [5.41, 5.74) is 0. The van der Waals surface area contributed by atoms with Crippen LogP contribution in [0.25, 0.3) is 0 Å². The Morgan fingerprint density at radius 2 is 2.00 bits per heavy atom. The Morgan fingerprint density at radius 1 is 1.35 bits per heavy atom. The van der Waals surface area contributed by atoms with Gasteiger partial charge in [-0.2, -0.15) is 0 Å². The number of carboxylic acid groups (broad SMARTS) is 1. The number of rotatable bonds is 7. The molecule has 0 spiro atoms. The standard InChI is InChI=1S/C14H25N3O3/c1-11(10-16-7-2-3-8-16)15-14(20)17(12-4-5-12)9-6-13(18)19/h11-12H,2-10H2,1H3,(H,15,20)(H,18,19). The van der Waals surface area contributed by atoms with Gasteiger partial charge in [-0.3, -0.25) is 4.79 Å². The molecule has 0 aromatic carbocycles. The van der Waals surface area contributed by atoms with Crippen LogP contribution in [0.15, 0.2) is 0 Å². The number of urea groups is 1. The SMILES string of the molecule is CC(CN1CCCC1)NC(=O)N(CCC(=O)O)C1CC1. The Labute approximate surface area is 120 Å². The van der Waals surface area contributed by atoms with Crippen LogP contribution in [0.3, 0.4) is 0 Å². The van der Waals surface area contributed by atoms with Crippen molar-refractivity contribution in [3.05, 3.63) is 0 Å². The molecule has 0 aromatic heterocycles. The molecule has 114 valence electrons. The third kappa shape index (κ3) is 4.67. The summed E-state index contributed by atoms with van der Waals surface area (Å²) in [6, 6.07) is 0.237. The smallest absolute Gasteiger partial charge is 0.317 e. The van der Waals surface area contributed by atoms with Crippen LogP contribution in [-0.4, -0.2) is 65.2 Å². The van der Waals surface area contributed by atoms with E-state index in [1.165, 1.54) is 12.8 Å². The molecule has 0 radical (unpaired) electrons. The lowest BCUT2D eigenvalue weighted by Crippen LogP contribution is -2.48. The molecule has 2 aliphatic rings. The molecule has 2 rings (SSSR count). The first kappa shape index (κ1) is 15.1. The highest BCUT2D eigenvalue weighted by Crippen LogP contribution is 2.27. The summed E-state index contributed by atoms with van der Waals surface area (Å²) in [5, 5.41) is 11.8. The molecule has 2 N–H and O–H groups in total. The maximum atomic E-state index is 12.2. The number of nitrogens with zero attached hydrogens (tertiary/aromatic N) is 2. The Kier molecular flexibility index (Phi) is 5.23. The highest BCUT2D eigenvalue weighted by atomic mass is 16.4. The van der Waals surface area contributed by atoms with E-state index in [9.17, 15) is 9.59 Å². The van der Waals surface area contributed by atoms with Crippen molar-refractivity contribution >= 4 is 12.0 Å². The third-order valence-corrected chi connectivity index (χ3v) is 3.92. The van der Waals surface area contributed by atoms with Gasteiger partial charge in [0, 0.05) is 25.2 Å². The van der Waals surface area contributed by atoms with Gasteiger partial charge in [-0.25, -0.2) is 4.79 Å². The molecule has 6 nitrogen and oxygen atoms in total. The summed E-state index contributed by atoms with van der Waals surface area (Å²) in [7, 11) is 0. The van der Waals surface area contributed by atoms with E-state index >= 15 is 0 Å². The maximum Gasteiger partial charge on any atom is 0.317 e. The van der Waals surface area contributed by atoms with Crippen LogP contribution in [0.4, 0.5) is 4.79 Å². The number of aliphatic carboxylic acids is 1. The van der Waals surface area contributed by atoms with E-state index in [1.54, 1.807) is 4.90 Å². The van der Waals surface area contributed by atoms with Gasteiger partial charge in [0.2, 0.25) is 0 Å². The zero-order chi connectivity index (χ0) is 14.5.